The van der Waals surface area contributed by atoms with Crippen LogP contribution in [0.3, 0.4) is 0 Å². The number of hydrogen-bond acceptors (Lipinski definition) is 7. The molecule has 0 saturated carbocycles. The number of carbonyl (C=O) groups is 2. The van der Waals surface area contributed by atoms with Gasteiger partial charge in [-0.1, -0.05) is 19.1 Å². The fourth-order valence-electron chi connectivity index (χ4n) is 5.81. The van der Waals surface area contributed by atoms with Crippen molar-refractivity contribution in [3.63, 3.8) is 0 Å². The molecule has 0 N–H and O–H groups in total. The van der Waals surface area contributed by atoms with Crippen molar-refractivity contribution < 1.29 is 14.3 Å². The van der Waals surface area contributed by atoms with E-state index in [9.17, 15) is 14.9 Å². The zero-order chi connectivity index (χ0) is 25.8. The van der Waals surface area contributed by atoms with Gasteiger partial charge in [0, 0.05) is 18.5 Å². The third-order valence-electron chi connectivity index (χ3n) is 7.48. The molecule has 0 spiro atoms. The number of fused-ring (bicyclic) bond motifs is 3. The minimum absolute atomic E-state index is 0.115. The lowest BCUT2D eigenvalue weighted by Gasteiger charge is -2.48. The topological polar surface area (TPSA) is 111 Å². The summed E-state index contributed by atoms with van der Waals surface area (Å²) in [5.74, 6) is -0.481. The Labute approximate surface area is 217 Å². The molecule has 0 saturated heterocycles. The number of methoxy groups -OCH3 is 1. The Morgan fingerprint density at radius 2 is 2.00 bits per heavy atom. The first-order chi connectivity index (χ1) is 17.2. The number of carbonyl (C=O) groups excluding carboxylic acids is 2. The monoisotopic (exact) mass is 545 g/mol. The van der Waals surface area contributed by atoms with Crippen molar-refractivity contribution in [2.45, 2.75) is 32.1 Å². The van der Waals surface area contributed by atoms with Crippen LogP contribution in [0.4, 0.5) is 0 Å². The normalized spacial score (nSPS) is 22.8. The molecule has 1 aromatic carbocycles. The summed E-state index contributed by atoms with van der Waals surface area (Å²) >= 11 is 3.56. The number of benzene rings is 1. The predicted octanol–water partition coefficient (Wildman–Crippen LogP) is 4.25. The highest BCUT2D eigenvalue weighted by molar-refractivity contribution is 9.10. The number of rotatable bonds is 3. The summed E-state index contributed by atoms with van der Waals surface area (Å²) in [6.45, 7) is 3.74. The van der Waals surface area contributed by atoms with E-state index in [1.807, 2.05) is 37.6 Å². The quantitative estimate of drug-likeness (QED) is 0.452. The summed E-state index contributed by atoms with van der Waals surface area (Å²) in [6.07, 6.45) is 4.91. The summed E-state index contributed by atoms with van der Waals surface area (Å²) < 4.78 is 7.47. The molecule has 182 valence electrons. The minimum atomic E-state index is -0.839. The minimum Gasteiger partial charge on any atom is -0.465 e. The van der Waals surface area contributed by atoms with E-state index in [-0.39, 0.29) is 23.2 Å². The van der Waals surface area contributed by atoms with Crippen molar-refractivity contribution in [2.75, 3.05) is 7.11 Å². The highest BCUT2D eigenvalue weighted by Crippen LogP contribution is 2.54. The first kappa shape index (κ1) is 24.1. The van der Waals surface area contributed by atoms with Crippen LogP contribution in [0.5, 0.6) is 0 Å². The first-order valence-corrected chi connectivity index (χ1v) is 12.4. The maximum absolute atomic E-state index is 13.1. The number of aryl methyl sites for hydroxylation is 2. The molecular weight excluding hydrogens is 522 g/mol. The number of Topliss-reactive ketones (excluding diaryl/α,β-unsaturated/α-hetero) is 1. The Balaban J connectivity index is 1.85. The van der Waals surface area contributed by atoms with E-state index in [1.54, 1.807) is 24.5 Å². The lowest BCUT2D eigenvalue weighted by molar-refractivity contribution is -0.121. The number of halogens is 1. The lowest BCUT2D eigenvalue weighted by atomic mass is 9.54. The van der Waals surface area contributed by atoms with Crippen LogP contribution in [0.25, 0.3) is 11.4 Å². The molecule has 5 rings (SSSR count). The Bertz CT molecular complexity index is 1460. The average Bonchev–Trinajstić information content (AvgIpc) is 3.22. The Morgan fingerprint density at radius 1 is 1.28 bits per heavy atom. The molecule has 0 amide bonds. The summed E-state index contributed by atoms with van der Waals surface area (Å²) in [5.41, 5.74) is 3.95. The van der Waals surface area contributed by atoms with Crippen molar-refractivity contribution in [3.05, 3.63) is 75.1 Å². The van der Waals surface area contributed by atoms with Crippen molar-refractivity contribution in [1.29, 1.82) is 5.26 Å². The molecule has 9 heteroatoms. The maximum Gasteiger partial charge on any atom is 0.337 e. The van der Waals surface area contributed by atoms with Gasteiger partial charge in [0.05, 0.1) is 41.4 Å². The van der Waals surface area contributed by atoms with Crippen molar-refractivity contribution >= 4 is 27.7 Å². The number of nitriles is 1. The van der Waals surface area contributed by atoms with E-state index >= 15 is 0 Å². The van der Waals surface area contributed by atoms with Crippen molar-refractivity contribution in [1.82, 2.24) is 19.5 Å². The molecule has 8 nitrogen and oxygen atoms in total. The largest absolute Gasteiger partial charge is 0.465 e. The molecule has 0 aliphatic heterocycles. The number of aromatic nitrogens is 4. The molecule has 2 aliphatic rings. The zero-order valence-corrected chi connectivity index (χ0v) is 22.0. The summed E-state index contributed by atoms with van der Waals surface area (Å²) in [4.78, 5) is 39.4. The van der Waals surface area contributed by atoms with Gasteiger partial charge >= 0.3 is 5.97 Å². The molecule has 2 heterocycles. The van der Waals surface area contributed by atoms with Gasteiger partial charge in [-0.15, -0.1) is 0 Å². The summed E-state index contributed by atoms with van der Waals surface area (Å²) in [6, 6.07) is 9.31. The van der Waals surface area contributed by atoms with Gasteiger partial charge in [0.2, 0.25) is 0 Å². The molecule has 0 radical (unpaired) electrons. The molecule has 2 aromatic heterocycles. The molecule has 1 unspecified atom stereocenters. The van der Waals surface area contributed by atoms with Crippen molar-refractivity contribution in [2.24, 2.45) is 18.9 Å². The second-order valence-electron chi connectivity index (χ2n) is 9.35. The summed E-state index contributed by atoms with van der Waals surface area (Å²) in [7, 11) is 3.26. The summed E-state index contributed by atoms with van der Waals surface area (Å²) in [5, 5.41) is 9.91. The van der Waals surface area contributed by atoms with E-state index in [0.717, 1.165) is 28.2 Å². The van der Waals surface area contributed by atoms with Gasteiger partial charge in [0.25, 0.3) is 0 Å². The lowest BCUT2D eigenvalue weighted by Crippen LogP contribution is -2.48. The van der Waals surface area contributed by atoms with E-state index in [4.69, 9.17) is 14.7 Å². The SMILES string of the molecule is COC(=O)c1ccc(C23C=C(C#N)C(=O)[C@@H](C)[C@@H]2CCc2c(-c4c(Br)ncn4C)nc(C)nc23)cc1. The van der Waals surface area contributed by atoms with Crippen LogP contribution in [0, 0.1) is 30.1 Å². The van der Waals surface area contributed by atoms with Crippen molar-refractivity contribution in [3.8, 4) is 17.5 Å². The number of ketones is 1. The second kappa shape index (κ2) is 8.79. The number of esters is 1. The fraction of sp³-hybridized carbons (Fsp3) is 0.333. The van der Waals surface area contributed by atoms with E-state index < -0.39 is 11.4 Å². The second-order valence-corrected chi connectivity index (χ2v) is 10.1. The Hall–Kier alpha value is -3.64. The highest BCUT2D eigenvalue weighted by Gasteiger charge is 2.53. The van der Waals surface area contributed by atoms with Crippen LogP contribution in [0.2, 0.25) is 0 Å². The molecule has 3 atom stereocenters. The predicted molar refractivity (Wildman–Crippen MR) is 135 cm³/mol. The van der Waals surface area contributed by atoms with Gasteiger partial charge in [-0.3, -0.25) is 4.79 Å². The highest BCUT2D eigenvalue weighted by atomic mass is 79.9. The van der Waals surface area contributed by atoms with Gasteiger partial charge in [0.1, 0.15) is 22.2 Å². The number of imidazole rings is 1. The molecule has 36 heavy (non-hydrogen) atoms. The zero-order valence-electron chi connectivity index (χ0n) is 20.4. The molecular formula is C27H24BrN5O3. The van der Waals surface area contributed by atoms with Crippen LogP contribution >= 0.6 is 15.9 Å². The average molecular weight is 546 g/mol. The molecule has 2 aliphatic carbocycles. The first-order valence-electron chi connectivity index (χ1n) is 11.6. The smallest absolute Gasteiger partial charge is 0.337 e. The molecule has 0 bridgehead atoms. The van der Waals surface area contributed by atoms with Crippen LogP contribution in [0.1, 0.15) is 46.3 Å². The molecule has 0 fully saturated rings. The number of allylic oxidation sites excluding steroid dienone is 2. The molecule has 3 aromatic rings. The van der Waals surface area contributed by atoms with Crippen LogP contribution in [-0.2, 0) is 28.4 Å². The number of nitrogens with zero attached hydrogens (tertiary/aromatic N) is 5. The fourth-order valence-corrected chi connectivity index (χ4v) is 6.37. The van der Waals surface area contributed by atoms with Crippen LogP contribution < -0.4 is 0 Å². The van der Waals surface area contributed by atoms with Gasteiger partial charge in [-0.05, 0) is 65.4 Å². The third-order valence-corrected chi connectivity index (χ3v) is 8.06. The van der Waals surface area contributed by atoms with E-state index in [1.165, 1.54) is 7.11 Å². The van der Waals surface area contributed by atoms with Gasteiger partial charge in [-0.2, -0.15) is 5.26 Å². The van der Waals surface area contributed by atoms with Crippen LogP contribution in [-0.4, -0.2) is 38.4 Å². The van der Waals surface area contributed by atoms with Gasteiger partial charge in [0.15, 0.2) is 5.78 Å². The Morgan fingerprint density at radius 3 is 2.61 bits per heavy atom. The van der Waals surface area contributed by atoms with Crippen LogP contribution in [0.15, 0.2) is 46.8 Å². The Kier molecular flexibility index (Phi) is 5.87. The number of hydrogen-bond donors (Lipinski definition) is 0. The number of ether oxygens (including phenoxy) is 1. The van der Waals surface area contributed by atoms with Gasteiger partial charge < -0.3 is 9.30 Å². The maximum atomic E-state index is 13.1. The standard InChI is InChI=1S/C27H24BrN5O3/c1-14-20-10-9-19-21(22-25(28)30-13-33(22)3)31-15(2)32-24(19)27(20,11-17(12-29)23(14)34)18-7-5-16(6-8-18)26(35)36-4/h5-8,11,13-14,20H,9-10H2,1-4H3/t14-,20-,27?/m0/s1. The third kappa shape index (κ3) is 3.43. The van der Waals surface area contributed by atoms with E-state index in [2.05, 4.69) is 27.0 Å². The van der Waals surface area contributed by atoms with E-state index in [0.29, 0.717) is 28.8 Å². The van der Waals surface area contributed by atoms with Gasteiger partial charge in [-0.25, -0.2) is 19.7 Å².